The highest BCUT2D eigenvalue weighted by Crippen LogP contribution is 2.28. The van der Waals surface area contributed by atoms with Gasteiger partial charge in [-0.2, -0.15) is 0 Å². The molecule has 0 radical (unpaired) electrons. The first kappa shape index (κ1) is 10.5. The van der Waals surface area contributed by atoms with Gasteiger partial charge in [0.05, 0.1) is 19.8 Å². The molecule has 0 saturated carbocycles. The lowest BCUT2D eigenvalue weighted by Gasteiger charge is -2.11. The molecule has 0 aromatic heterocycles. The number of methoxy groups -OCH3 is 1. The van der Waals surface area contributed by atoms with E-state index in [0.717, 1.165) is 17.7 Å². The van der Waals surface area contributed by atoms with E-state index in [2.05, 4.69) is 6.92 Å². The molecule has 2 rings (SSSR count). The van der Waals surface area contributed by atoms with E-state index in [4.69, 9.17) is 14.2 Å². The molecule has 3 heteroatoms. The van der Waals surface area contributed by atoms with Crippen molar-refractivity contribution in [2.75, 3.05) is 13.7 Å². The van der Waals surface area contributed by atoms with E-state index in [9.17, 15) is 0 Å². The van der Waals surface area contributed by atoms with Crippen LogP contribution in [0, 0.1) is 0 Å². The van der Waals surface area contributed by atoms with Gasteiger partial charge in [-0.25, -0.2) is 0 Å². The van der Waals surface area contributed by atoms with Crippen molar-refractivity contribution >= 4 is 0 Å². The van der Waals surface area contributed by atoms with Crippen LogP contribution >= 0.6 is 0 Å². The zero-order valence-corrected chi connectivity index (χ0v) is 9.10. The van der Waals surface area contributed by atoms with Crippen molar-refractivity contribution in [1.82, 2.24) is 0 Å². The second kappa shape index (κ2) is 4.64. The van der Waals surface area contributed by atoms with Crippen molar-refractivity contribution in [2.45, 2.75) is 25.7 Å². The van der Waals surface area contributed by atoms with Crippen LogP contribution in [0.3, 0.4) is 0 Å². The van der Waals surface area contributed by atoms with Gasteiger partial charge in [-0.1, -0.05) is 19.1 Å². The van der Waals surface area contributed by atoms with Gasteiger partial charge in [0.1, 0.15) is 5.75 Å². The SMILES string of the molecule is CC[C@H]1COC(c2ccc(OC)cc2)O1. The number of benzene rings is 1. The third kappa shape index (κ3) is 2.30. The molecule has 1 unspecified atom stereocenters. The highest BCUT2D eigenvalue weighted by atomic mass is 16.7. The Morgan fingerprint density at radius 1 is 1.33 bits per heavy atom. The van der Waals surface area contributed by atoms with Gasteiger partial charge in [-0.15, -0.1) is 0 Å². The molecule has 82 valence electrons. The van der Waals surface area contributed by atoms with Crippen LogP contribution in [0.15, 0.2) is 24.3 Å². The van der Waals surface area contributed by atoms with E-state index in [1.165, 1.54) is 0 Å². The third-order valence-corrected chi connectivity index (χ3v) is 2.59. The minimum absolute atomic E-state index is 0.208. The molecule has 1 fully saturated rings. The molecule has 1 saturated heterocycles. The highest BCUT2D eigenvalue weighted by Gasteiger charge is 2.25. The summed E-state index contributed by atoms with van der Waals surface area (Å²) in [5.41, 5.74) is 1.05. The lowest BCUT2D eigenvalue weighted by atomic mass is 10.2. The van der Waals surface area contributed by atoms with Gasteiger partial charge in [-0.3, -0.25) is 0 Å². The topological polar surface area (TPSA) is 27.7 Å². The summed E-state index contributed by atoms with van der Waals surface area (Å²) in [6.45, 7) is 2.79. The predicted molar refractivity (Wildman–Crippen MR) is 56.9 cm³/mol. The van der Waals surface area contributed by atoms with Gasteiger partial charge in [0, 0.05) is 5.56 Å². The van der Waals surface area contributed by atoms with Crippen LogP contribution in [-0.2, 0) is 9.47 Å². The lowest BCUT2D eigenvalue weighted by molar-refractivity contribution is -0.0604. The Morgan fingerprint density at radius 2 is 2.07 bits per heavy atom. The van der Waals surface area contributed by atoms with Gasteiger partial charge in [0.25, 0.3) is 0 Å². The first-order valence-electron chi connectivity index (χ1n) is 5.24. The summed E-state index contributed by atoms with van der Waals surface area (Å²) in [6.07, 6.45) is 1.02. The van der Waals surface area contributed by atoms with Gasteiger partial charge < -0.3 is 14.2 Å². The number of ether oxygens (including phenoxy) is 3. The number of hydrogen-bond donors (Lipinski definition) is 0. The Bertz CT molecular complexity index is 307. The van der Waals surface area contributed by atoms with Gasteiger partial charge >= 0.3 is 0 Å². The summed E-state index contributed by atoms with van der Waals surface area (Å²) >= 11 is 0. The van der Waals surface area contributed by atoms with Crippen molar-refractivity contribution < 1.29 is 14.2 Å². The average molecular weight is 208 g/mol. The van der Waals surface area contributed by atoms with E-state index >= 15 is 0 Å². The summed E-state index contributed by atoms with van der Waals surface area (Å²) in [5.74, 6) is 0.851. The fourth-order valence-electron chi connectivity index (χ4n) is 1.60. The van der Waals surface area contributed by atoms with E-state index in [-0.39, 0.29) is 12.4 Å². The highest BCUT2D eigenvalue weighted by molar-refractivity contribution is 5.28. The summed E-state index contributed by atoms with van der Waals surface area (Å²) in [4.78, 5) is 0. The molecule has 1 aliphatic rings. The summed E-state index contributed by atoms with van der Waals surface area (Å²) < 4.78 is 16.4. The van der Waals surface area contributed by atoms with Crippen LogP contribution in [-0.4, -0.2) is 19.8 Å². The Labute approximate surface area is 90.0 Å². The van der Waals surface area contributed by atoms with Gasteiger partial charge in [0.15, 0.2) is 6.29 Å². The van der Waals surface area contributed by atoms with Gasteiger partial charge in [-0.05, 0) is 18.6 Å². The molecule has 1 aromatic carbocycles. The summed E-state index contributed by atoms with van der Waals surface area (Å²) in [6, 6.07) is 7.78. The molecule has 1 heterocycles. The Kier molecular flexibility index (Phi) is 3.23. The minimum atomic E-state index is -0.208. The van der Waals surface area contributed by atoms with Crippen LogP contribution in [0.5, 0.6) is 5.75 Å². The first-order chi connectivity index (χ1) is 7.33. The molecule has 0 amide bonds. The van der Waals surface area contributed by atoms with E-state index in [1.54, 1.807) is 7.11 Å². The standard InChI is InChI=1S/C12H16O3/c1-3-10-8-14-12(15-10)9-4-6-11(13-2)7-5-9/h4-7,10,12H,3,8H2,1-2H3/t10-,12?/m0/s1. The molecular weight excluding hydrogens is 192 g/mol. The molecule has 2 atom stereocenters. The maximum Gasteiger partial charge on any atom is 0.184 e. The molecule has 0 aliphatic carbocycles. The Morgan fingerprint density at radius 3 is 2.60 bits per heavy atom. The van der Waals surface area contributed by atoms with Crippen LogP contribution in [0.1, 0.15) is 25.2 Å². The molecule has 0 N–H and O–H groups in total. The molecule has 0 spiro atoms. The fourth-order valence-corrected chi connectivity index (χ4v) is 1.60. The lowest BCUT2D eigenvalue weighted by Crippen LogP contribution is -2.07. The average Bonchev–Trinajstić information content (AvgIpc) is 2.78. The van der Waals surface area contributed by atoms with Gasteiger partial charge in [0.2, 0.25) is 0 Å². The molecule has 1 aliphatic heterocycles. The van der Waals surface area contributed by atoms with Crippen molar-refractivity contribution in [1.29, 1.82) is 0 Å². The quantitative estimate of drug-likeness (QED) is 0.764. The van der Waals surface area contributed by atoms with Crippen molar-refractivity contribution in [2.24, 2.45) is 0 Å². The van der Waals surface area contributed by atoms with Crippen molar-refractivity contribution in [3.63, 3.8) is 0 Å². The largest absolute Gasteiger partial charge is 0.497 e. The predicted octanol–water partition coefficient (Wildman–Crippen LogP) is 2.52. The van der Waals surface area contributed by atoms with E-state index in [0.29, 0.717) is 6.61 Å². The fraction of sp³-hybridized carbons (Fsp3) is 0.500. The Hall–Kier alpha value is -1.06. The molecule has 3 nitrogen and oxygen atoms in total. The van der Waals surface area contributed by atoms with E-state index in [1.807, 2.05) is 24.3 Å². The molecule has 1 aromatic rings. The minimum Gasteiger partial charge on any atom is -0.497 e. The number of rotatable bonds is 3. The van der Waals surface area contributed by atoms with Crippen LogP contribution in [0.2, 0.25) is 0 Å². The molecule has 15 heavy (non-hydrogen) atoms. The monoisotopic (exact) mass is 208 g/mol. The van der Waals surface area contributed by atoms with E-state index < -0.39 is 0 Å². The Balaban J connectivity index is 2.04. The van der Waals surface area contributed by atoms with Crippen LogP contribution < -0.4 is 4.74 Å². The first-order valence-corrected chi connectivity index (χ1v) is 5.24. The maximum absolute atomic E-state index is 5.71. The normalized spacial score (nSPS) is 25.5. The summed E-state index contributed by atoms with van der Waals surface area (Å²) in [5, 5.41) is 0. The van der Waals surface area contributed by atoms with Crippen molar-refractivity contribution in [3.8, 4) is 5.75 Å². The zero-order chi connectivity index (χ0) is 10.7. The second-order valence-electron chi connectivity index (χ2n) is 3.60. The summed E-state index contributed by atoms with van der Waals surface area (Å²) in [7, 11) is 1.66. The molecule has 0 bridgehead atoms. The van der Waals surface area contributed by atoms with Crippen molar-refractivity contribution in [3.05, 3.63) is 29.8 Å². The second-order valence-corrected chi connectivity index (χ2v) is 3.60. The molecular formula is C12H16O3. The zero-order valence-electron chi connectivity index (χ0n) is 9.10. The maximum atomic E-state index is 5.71. The third-order valence-electron chi connectivity index (χ3n) is 2.59. The number of hydrogen-bond acceptors (Lipinski definition) is 3. The smallest absolute Gasteiger partial charge is 0.184 e. The van der Waals surface area contributed by atoms with Crippen LogP contribution in [0.4, 0.5) is 0 Å². The van der Waals surface area contributed by atoms with Crippen LogP contribution in [0.25, 0.3) is 0 Å².